The number of fused-ring (bicyclic) bond motifs is 1. The summed E-state index contributed by atoms with van der Waals surface area (Å²) in [6.07, 6.45) is 9.49. The summed E-state index contributed by atoms with van der Waals surface area (Å²) in [7, 11) is 2.09. The Bertz CT molecular complexity index is 1260. The smallest absolute Gasteiger partial charge is 0.248 e. The van der Waals surface area contributed by atoms with E-state index in [0.717, 1.165) is 42.5 Å². The second-order valence-electron chi connectivity index (χ2n) is 10.3. The highest BCUT2D eigenvalue weighted by Gasteiger charge is 2.23. The molecule has 38 heavy (non-hydrogen) atoms. The zero-order chi connectivity index (χ0) is 26.3. The molecule has 0 spiro atoms. The van der Waals surface area contributed by atoms with Crippen molar-refractivity contribution in [3.05, 3.63) is 66.5 Å². The molecule has 3 aromatic rings. The van der Waals surface area contributed by atoms with Crippen molar-refractivity contribution in [1.82, 2.24) is 14.9 Å². The van der Waals surface area contributed by atoms with E-state index in [1.807, 2.05) is 36.4 Å². The lowest BCUT2D eigenvalue weighted by molar-refractivity contribution is -0.111. The molecule has 2 fully saturated rings. The van der Waals surface area contributed by atoms with Gasteiger partial charge in [-0.15, -0.1) is 0 Å². The molecular weight excluding hydrogens is 478 g/mol. The van der Waals surface area contributed by atoms with E-state index in [9.17, 15) is 4.79 Å². The van der Waals surface area contributed by atoms with Gasteiger partial charge in [0.1, 0.15) is 17.9 Å². The van der Waals surface area contributed by atoms with E-state index in [4.69, 9.17) is 9.47 Å². The number of anilines is 2. The lowest BCUT2D eigenvalue weighted by Gasteiger charge is -2.30. The summed E-state index contributed by atoms with van der Waals surface area (Å²) in [5.41, 5.74) is 2.55. The molecule has 0 unspecified atom stereocenters. The van der Waals surface area contributed by atoms with Crippen molar-refractivity contribution in [3.63, 3.8) is 0 Å². The number of amides is 1. The zero-order valence-electron chi connectivity index (χ0n) is 22.2. The van der Waals surface area contributed by atoms with E-state index >= 15 is 0 Å². The lowest BCUT2D eigenvalue weighted by Crippen LogP contribution is -2.36. The minimum Gasteiger partial charge on any atom is -0.491 e. The van der Waals surface area contributed by atoms with Crippen LogP contribution in [0.5, 0.6) is 5.75 Å². The second kappa shape index (κ2) is 12.4. The van der Waals surface area contributed by atoms with Crippen molar-refractivity contribution in [2.45, 2.75) is 44.7 Å². The molecule has 1 aromatic heterocycles. The van der Waals surface area contributed by atoms with E-state index in [0.29, 0.717) is 42.4 Å². The van der Waals surface area contributed by atoms with Crippen molar-refractivity contribution in [3.8, 4) is 5.75 Å². The number of hydrogen-bond donors (Lipinski definition) is 2. The maximum atomic E-state index is 12.9. The van der Waals surface area contributed by atoms with E-state index in [-0.39, 0.29) is 11.9 Å². The summed E-state index contributed by atoms with van der Waals surface area (Å²) < 4.78 is 11.6. The van der Waals surface area contributed by atoms with Crippen LogP contribution in [0.25, 0.3) is 10.9 Å². The van der Waals surface area contributed by atoms with Crippen LogP contribution in [0, 0.1) is 5.92 Å². The second-order valence-corrected chi connectivity index (χ2v) is 10.3. The molecule has 200 valence electrons. The number of nitrogens with one attached hydrogen (secondary N) is 2. The van der Waals surface area contributed by atoms with Gasteiger partial charge in [-0.25, -0.2) is 9.97 Å². The summed E-state index contributed by atoms with van der Waals surface area (Å²) in [6.45, 7) is 5.05. The monoisotopic (exact) mass is 515 g/mol. The van der Waals surface area contributed by atoms with Crippen LogP contribution in [0.3, 0.4) is 0 Å². The molecule has 1 saturated heterocycles. The minimum atomic E-state index is -0.190. The predicted molar refractivity (Wildman–Crippen MR) is 150 cm³/mol. The minimum absolute atomic E-state index is 0.0498. The Kier molecular flexibility index (Phi) is 8.51. The van der Waals surface area contributed by atoms with Gasteiger partial charge >= 0.3 is 0 Å². The molecule has 1 amide bonds. The average Bonchev–Trinajstić information content (AvgIpc) is 3.78. The Morgan fingerprint density at radius 1 is 1.16 bits per heavy atom. The molecule has 2 aromatic carbocycles. The Labute approximate surface area is 224 Å². The predicted octanol–water partition coefficient (Wildman–Crippen LogP) is 5.20. The third-order valence-corrected chi connectivity index (χ3v) is 7.30. The normalized spacial score (nSPS) is 17.1. The average molecular weight is 516 g/mol. The molecule has 1 aliphatic carbocycles. The Morgan fingerprint density at radius 2 is 1.95 bits per heavy atom. The van der Waals surface area contributed by atoms with Crippen LogP contribution in [0.1, 0.15) is 44.2 Å². The van der Waals surface area contributed by atoms with Gasteiger partial charge in [-0.05, 0) is 57.2 Å². The number of carbonyl (C=O) groups excluding carboxylic acids is 1. The number of benzene rings is 2. The van der Waals surface area contributed by atoms with Gasteiger partial charge in [0.15, 0.2) is 0 Å². The topological polar surface area (TPSA) is 88.6 Å². The lowest BCUT2D eigenvalue weighted by atomic mass is 10.1. The number of aromatic nitrogens is 2. The third-order valence-electron chi connectivity index (χ3n) is 7.30. The molecule has 1 atom stereocenters. The van der Waals surface area contributed by atoms with E-state index in [1.54, 1.807) is 12.4 Å². The molecule has 8 nitrogen and oxygen atoms in total. The number of hydrogen-bond acceptors (Lipinski definition) is 7. The number of likely N-dealkylation sites (N-methyl/N-ethyl adjacent to an activating group) is 1. The van der Waals surface area contributed by atoms with Gasteiger partial charge < -0.3 is 20.1 Å². The number of nitrogens with zero attached hydrogens (tertiary/aromatic N) is 3. The van der Waals surface area contributed by atoms with Gasteiger partial charge in [-0.2, -0.15) is 0 Å². The fraction of sp³-hybridized carbons (Fsp3) is 0.433. The standard InChI is InChI=1S/C30H37N5O3/c1-21(23-7-4-3-5-8-23)33-30-25-17-27(28(38-19-22-10-11-22)18-26(25)31-20-32-30)34-29(36)9-6-14-35(2)24-12-15-37-16-13-24/h3-9,17-18,20-22,24H,10-16,19H2,1-2H3,(H,34,36)(H,31,32,33)/b9-6+/t21-/m1/s1. The van der Waals surface area contributed by atoms with Crippen molar-refractivity contribution < 1.29 is 14.3 Å². The Morgan fingerprint density at radius 3 is 2.71 bits per heavy atom. The molecule has 2 heterocycles. The molecule has 0 bridgehead atoms. The molecule has 2 N–H and O–H groups in total. The van der Waals surface area contributed by atoms with Crippen molar-refractivity contribution >= 4 is 28.3 Å². The largest absolute Gasteiger partial charge is 0.491 e. The molecule has 1 saturated carbocycles. The first-order valence-corrected chi connectivity index (χ1v) is 13.6. The summed E-state index contributed by atoms with van der Waals surface area (Å²) in [5, 5.41) is 7.37. The summed E-state index contributed by atoms with van der Waals surface area (Å²) in [6, 6.07) is 14.6. The molecule has 0 radical (unpaired) electrons. The van der Waals surface area contributed by atoms with Gasteiger partial charge in [0.2, 0.25) is 5.91 Å². The molecular formula is C30H37N5O3. The zero-order valence-corrected chi connectivity index (χ0v) is 22.2. The van der Waals surface area contributed by atoms with Crippen molar-refractivity contribution in [1.29, 1.82) is 0 Å². The van der Waals surface area contributed by atoms with Gasteiger partial charge in [0.25, 0.3) is 0 Å². The third kappa shape index (κ3) is 6.88. The van der Waals surface area contributed by atoms with Crippen LogP contribution in [0.15, 0.2) is 60.9 Å². The summed E-state index contributed by atoms with van der Waals surface area (Å²) >= 11 is 0. The maximum Gasteiger partial charge on any atom is 0.248 e. The molecule has 1 aliphatic heterocycles. The van der Waals surface area contributed by atoms with Gasteiger partial charge in [-0.3, -0.25) is 9.69 Å². The fourth-order valence-electron chi connectivity index (χ4n) is 4.71. The van der Waals surface area contributed by atoms with Gasteiger partial charge in [0.05, 0.1) is 17.8 Å². The van der Waals surface area contributed by atoms with Crippen molar-refractivity contribution in [2.24, 2.45) is 5.92 Å². The molecule has 2 aliphatic rings. The Hall–Kier alpha value is -3.49. The fourth-order valence-corrected chi connectivity index (χ4v) is 4.71. The quantitative estimate of drug-likeness (QED) is 0.340. The SMILES string of the molecule is C[C@@H](Nc1ncnc2cc(OCC3CC3)c(NC(=O)/C=C/CN(C)C3CCOCC3)cc12)c1ccccc1. The van der Waals surface area contributed by atoms with Crippen LogP contribution in [0.4, 0.5) is 11.5 Å². The van der Waals surface area contributed by atoms with Crippen LogP contribution in [-0.2, 0) is 9.53 Å². The number of carbonyl (C=O) groups is 1. The maximum absolute atomic E-state index is 12.9. The number of ether oxygens (including phenoxy) is 2. The Balaban J connectivity index is 1.33. The van der Waals surface area contributed by atoms with Crippen LogP contribution in [-0.4, -0.2) is 60.2 Å². The van der Waals surface area contributed by atoms with Crippen molar-refractivity contribution in [2.75, 3.05) is 44.0 Å². The molecule has 8 heteroatoms. The first kappa shape index (κ1) is 26.1. The van der Waals surface area contributed by atoms with Crippen LogP contribution >= 0.6 is 0 Å². The number of rotatable bonds is 11. The van der Waals surface area contributed by atoms with Crippen LogP contribution < -0.4 is 15.4 Å². The van der Waals surface area contributed by atoms with E-state index < -0.39 is 0 Å². The first-order chi connectivity index (χ1) is 18.6. The summed E-state index contributed by atoms with van der Waals surface area (Å²) in [5.74, 6) is 1.74. The highest BCUT2D eigenvalue weighted by atomic mass is 16.5. The molecule has 5 rings (SSSR count). The summed E-state index contributed by atoms with van der Waals surface area (Å²) in [4.78, 5) is 24.2. The van der Waals surface area contributed by atoms with E-state index in [1.165, 1.54) is 12.8 Å². The van der Waals surface area contributed by atoms with Crippen LogP contribution in [0.2, 0.25) is 0 Å². The van der Waals surface area contributed by atoms with Gasteiger partial charge in [-0.1, -0.05) is 36.4 Å². The highest BCUT2D eigenvalue weighted by Crippen LogP contribution is 2.36. The van der Waals surface area contributed by atoms with E-state index in [2.05, 4.69) is 51.6 Å². The first-order valence-electron chi connectivity index (χ1n) is 13.6. The van der Waals surface area contributed by atoms with Gasteiger partial charge in [0, 0.05) is 49.4 Å². The highest BCUT2D eigenvalue weighted by molar-refractivity contribution is 6.03.